The van der Waals surface area contributed by atoms with E-state index in [2.05, 4.69) is 5.32 Å². The molecule has 1 rings (SSSR count). The van der Waals surface area contributed by atoms with Crippen LogP contribution in [0.1, 0.15) is 12.0 Å². The van der Waals surface area contributed by atoms with Crippen LogP contribution < -0.4 is 10.1 Å². The molecule has 0 spiro atoms. The highest BCUT2D eigenvalue weighted by molar-refractivity contribution is 5.77. The zero-order valence-electron chi connectivity index (χ0n) is 11.3. The maximum atomic E-state index is 11.6. The summed E-state index contributed by atoms with van der Waals surface area (Å²) in [6, 6.07) is 9.74. The topological polar surface area (TPSA) is 65.4 Å². The minimum atomic E-state index is -0.0688. The summed E-state index contributed by atoms with van der Waals surface area (Å²) < 4.78 is 5.15. The Bertz CT molecular complexity index is 454. The predicted octanol–water partition coefficient (Wildman–Crippen LogP) is 1.16. The fraction of sp³-hybridized carbons (Fsp3) is 0.429. The lowest BCUT2D eigenvalue weighted by Gasteiger charge is -2.16. The second kappa shape index (κ2) is 8.11. The van der Waals surface area contributed by atoms with Crippen molar-refractivity contribution in [3.05, 3.63) is 29.8 Å². The first-order valence-corrected chi connectivity index (χ1v) is 6.11. The smallest absolute Gasteiger partial charge is 0.234 e. The highest BCUT2D eigenvalue weighted by Crippen LogP contribution is 2.13. The Kier molecular flexibility index (Phi) is 6.41. The second-order valence-electron chi connectivity index (χ2n) is 4.28. The van der Waals surface area contributed by atoms with Gasteiger partial charge in [-0.15, -0.1) is 0 Å². The molecule has 5 nitrogen and oxygen atoms in total. The fourth-order valence-electron chi connectivity index (χ4n) is 1.70. The molecule has 1 aromatic carbocycles. The molecule has 0 aliphatic rings. The molecule has 1 aromatic rings. The van der Waals surface area contributed by atoms with Crippen LogP contribution in [-0.2, 0) is 11.3 Å². The summed E-state index contributed by atoms with van der Waals surface area (Å²) in [5.74, 6) is 0.741. The average Bonchev–Trinajstić information content (AvgIpc) is 2.39. The molecular weight excluding hydrogens is 242 g/mol. The van der Waals surface area contributed by atoms with Crippen molar-refractivity contribution < 1.29 is 9.53 Å². The Morgan fingerprint density at radius 1 is 1.53 bits per heavy atom. The number of benzene rings is 1. The van der Waals surface area contributed by atoms with Crippen molar-refractivity contribution in [1.82, 2.24) is 10.2 Å². The van der Waals surface area contributed by atoms with Gasteiger partial charge in [-0.05, 0) is 24.7 Å². The van der Waals surface area contributed by atoms with E-state index in [4.69, 9.17) is 10.00 Å². The minimum Gasteiger partial charge on any atom is -0.497 e. The van der Waals surface area contributed by atoms with Crippen LogP contribution in [0.15, 0.2) is 24.3 Å². The Morgan fingerprint density at radius 3 is 3.00 bits per heavy atom. The van der Waals surface area contributed by atoms with Gasteiger partial charge in [-0.3, -0.25) is 9.69 Å². The van der Waals surface area contributed by atoms with Crippen LogP contribution in [0.25, 0.3) is 0 Å². The van der Waals surface area contributed by atoms with Crippen molar-refractivity contribution in [1.29, 1.82) is 5.26 Å². The zero-order valence-corrected chi connectivity index (χ0v) is 11.3. The summed E-state index contributed by atoms with van der Waals surface area (Å²) >= 11 is 0. The summed E-state index contributed by atoms with van der Waals surface area (Å²) in [5, 5.41) is 11.1. The molecule has 0 bridgehead atoms. The summed E-state index contributed by atoms with van der Waals surface area (Å²) in [6.07, 6.45) is 0.339. The molecule has 0 radical (unpaired) electrons. The maximum absolute atomic E-state index is 11.6. The molecule has 0 heterocycles. The quantitative estimate of drug-likeness (QED) is 0.748. The van der Waals surface area contributed by atoms with Gasteiger partial charge in [0.05, 0.1) is 26.1 Å². The molecule has 102 valence electrons. The van der Waals surface area contributed by atoms with Crippen LogP contribution in [0.2, 0.25) is 0 Å². The van der Waals surface area contributed by atoms with E-state index in [-0.39, 0.29) is 5.91 Å². The number of methoxy groups -OCH3 is 1. The van der Waals surface area contributed by atoms with E-state index < -0.39 is 0 Å². The number of nitrogens with one attached hydrogen (secondary N) is 1. The van der Waals surface area contributed by atoms with Crippen molar-refractivity contribution in [3.63, 3.8) is 0 Å². The van der Waals surface area contributed by atoms with Crippen LogP contribution in [0.4, 0.5) is 0 Å². The van der Waals surface area contributed by atoms with E-state index in [0.29, 0.717) is 26.1 Å². The lowest BCUT2D eigenvalue weighted by molar-refractivity contribution is -0.122. The van der Waals surface area contributed by atoms with Crippen LogP contribution in [0, 0.1) is 11.3 Å². The molecule has 0 aromatic heterocycles. The molecule has 5 heteroatoms. The summed E-state index contributed by atoms with van der Waals surface area (Å²) in [6.45, 7) is 1.38. The highest BCUT2D eigenvalue weighted by Gasteiger charge is 2.07. The first kappa shape index (κ1) is 15.0. The van der Waals surface area contributed by atoms with Crippen LogP contribution in [0.5, 0.6) is 5.75 Å². The Labute approximate surface area is 113 Å². The van der Waals surface area contributed by atoms with Gasteiger partial charge in [-0.25, -0.2) is 0 Å². The molecule has 0 aliphatic heterocycles. The van der Waals surface area contributed by atoms with Gasteiger partial charge in [0.25, 0.3) is 0 Å². The number of rotatable bonds is 7. The number of carbonyl (C=O) groups excluding carboxylic acids is 1. The first-order chi connectivity index (χ1) is 9.15. The third kappa shape index (κ3) is 5.89. The summed E-state index contributed by atoms with van der Waals surface area (Å²) in [7, 11) is 3.51. The van der Waals surface area contributed by atoms with E-state index in [0.717, 1.165) is 11.3 Å². The molecular formula is C14H19N3O2. The third-order valence-electron chi connectivity index (χ3n) is 2.56. The summed E-state index contributed by atoms with van der Waals surface area (Å²) in [5.41, 5.74) is 1.09. The Hall–Kier alpha value is -2.06. The van der Waals surface area contributed by atoms with E-state index in [1.165, 1.54) is 0 Å². The number of nitriles is 1. The van der Waals surface area contributed by atoms with Gasteiger partial charge in [0.15, 0.2) is 0 Å². The lowest BCUT2D eigenvalue weighted by Crippen LogP contribution is -2.35. The van der Waals surface area contributed by atoms with Gasteiger partial charge >= 0.3 is 0 Å². The standard InChI is InChI=1S/C14H19N3O2/c1-17(11-14(18)16-8-4-7-15)10-12-5-3-6-13(9-12)19-2/h3,5-6,9H,4,8,10-11H2,1-2H3,(H,16,18). The Balaban J connectivity index is 2.39. The molecule has 19 heavy (non-hydrogen) atoms. The Morgan fingerprint density at radius 2 is 2.32 bits per heavy atom. The minimum absolute atomic E-state index is 0.0688. The number of ether oxygens (including phenoxy) is 1. The average molecular weight is 261 g/mol. The molecule has 1 N–H and O–H groups in total. The number of nitrogens with zero attached hydrogens (tertiary/aromatic N) is 2. The van der Waals surface area contributed by atoms with Gasteiger partial charge in [-0.1, -0.05) is 12.1 Å². The van der Waals surface area contributed by atoms with E-state index in [1.54, 1.807) is 7.11 Å². The van der Waals surface area contributed by atoms with E-state index in [1.807, 2.05) is 42.3 Å². The summed E-state index contributed by atoms with van der Waals surface area (Å²) in [4.78, 5) is 13.5. The number of amides is 1. The molecule has 0 saturated heterocycles. The van der Waals surface area contributed by atoms with E-state index >= 15 is 0 Å². The third-order valence-corrected chi connectivity index (χ3v) is 2.56. The SMILES string of the molecule is COc1cccc(CN(C)CC(=O)NCCC#N)c1. The molecule has 0 atom stereocenters. The highest BCUT2D eigenvalue weighted by atomic mass is 16.5. The molecule has 0 fully saturated rings. The van der Waals surface area contributed by atoms with E-state index in [9.17, 15) is 4.79 Å². The van der Waals surface area contributed by atoms with Gasteiger partial charge in [0.2, 0.25) is 5.91 Å². The number of hydrogen-bond donors (Lipinski definition) is 1. The zero-order chi connectivity index (χ0) is 14.1. The van der Waals surface area contributed by atoms with Gasteiger partial charge in [0, 0.05) is 13.1 Å². The largest absolute Gasteiger partial charge is 0.497 e. The van der Waals surface area contributed by atoms with Gasteiger partial charge in [0.1, 0.15) is 5.75 Å². The lowest BCUT2D eigenvalue weighted by atomic mass is 10.2. The number of carbonyl (C=O) groups is 1. The van der Waals surface area contributed by atoms with Crippen molar-refractivity contribution in [2.75, 3.05) is 27.2 Å². The number of likely N-dealkylation sites (N-methyl/N-ethyl adjacent to an activating group) is 1. The molecule has 0 unspecified atom stereocenters. The van der Waals surface area contributed by atoms with Crippen LogP contribution >= 0.6 is 0 Å². The van der Waals surface area contributed by atoms with Crippen molar-refractivity contribution in [2.45, 2.75) is 13.0 Å². The van der Waals surface area contributed by atoms with Crippen LogP contribution in [-0.4, -0.2) is 38.1 Å². The van der Waals surface area contributed by atoms with Gasteiger partial charge < -0.3 is 10.1 Å². The fourth-order valence-corrected chi connectivity index (χ4v) is 1.70. The van der Waals surface area contributed by atoms with Crippen molar-refractivity contribution >= 4 is 5.91 Å². The monoisotopic (exact) mass is 261 g/mol. The number of hydrogen-bond acceptors (Lipinski definition) is 4. The molecule has 1 amide bonds. The first-order valence-electron chi connectivity index (χ1n) is 6.11. The molecule has 0 aliphatic carbocycles. The van der Waals surface area contributed by atoms with Crippen molar-refractivity contribution in [3.8, 4) is 11.8 Å². The van der Waals surface area contributed by atoms with Crippen molar-refractivity contribution in [2.24, 2.45) is 0 Å². The normalized spacial score (nSPS) is 10.0. The maximum Gasteiger partial charge on any atom is 0.234 e. The second-order valence-corrected chi connectivity index (χ2v) is 4.28. The predicted molar refractivity (Wildman–Crippen MR) is 72.6 cm³/mol. The van der Waals surface area contributed by atoms with Gasteiger partial charge in [-0.2, -0.15) is 5.26 Å². The molecule has 0 saturated carbocycles. The van der Waals surface area contributed by atoms with Crippen LogP contribution in [0.3, 0.4) is 0 Å².